The molecule has 0 unspecified atom stereocenters. The van der Waals surface area contributed by atoms with Gasteiger partial charge in [0.15, 0.2) is 0 Å². The molecule has 0 heterocycles. The van der Waals surface area contributed by atoms with E-state index in [2.05, 4.69) is 10.5 Å². The number of carboxylic acid groups (broad SMARTS) is 1. The van der Waals surface area contributed by atoms with E-state index < -0.39 is 23.5 Å². The van der Waals surface area contributed by atoms with Crippen LogP contribution in [0.5, 0.6) is 0 Å². The van der Waals surface area contributed by atoms with Crippen molar-refractivity contribution >= 4 is 11.7 Å². The van der Waals surface area contributed by atoms with Gasteiger partial charge in [0, 0.05) is 18.7 Å². The molecule has 0 amide bonds. The van der Waals surface area contributed by atoms with E-state index in [1.807, 2.05) is 12.1 Å². The number of aliphatic carboxylic acids is 1. The largest absolute Gasteiger partial charge is 0.481 e. The zero-order valence-electron chi connectivity index (χ0n) is 18.9. The number of oxime groups is 1. The van der Waals surface area contributed by atoms with Crippen molar-refractivity contribution in [1.29, 1.82) is 0 Å². The molecule has 3 aromatic carbocycles. The van der Waals surface area contributed by atoms with Gasteiger partial charge >= 0.3 is 12.1 Å². The Morgan fingerprint density at radius 3 is 2.29 bits per heavy atom. The first-order valence-corrected chi connectivity index (χ1v) is 10.8. The van der Waals surface area contributed by atoms with Crippen molar-refractivity contribution in [3.63, 3.8) is 0 Å². The molecule has 0 saturated heterocycles. The second-order valence-electron chi connectivity index (χ2n) is 7.84. The molecule has 5 nitrogen and oxygen atoms in total. The lowest BCUT2D eigenvalue weighted by Gasteiger charge is -2.14. The van der Waals surface area contributed by atoms with Gasteiger partial charge in [-0.3, -0.25) is 4.79 Å². The quantitative estimate of drug-likeness (QED) is 0.159. The Labute approximate surface area is 200 Å². The third-order valence-corrected chi connectivity index (χ3v) is 5.23. The highest BCUT2D eigenvalue weighted by Crippen LogP contribution is 2.35. The van der Waals surface area contributed by atoms with Gasteiger partial charge in [-0.05, 0) is 47.4 Å². The summed E-state index contributed by atoms with van der Waals surface area (Å²) in [5.74, 6) is -1.34. The van der Waals surface area contributed by atoms with Crippen molar-refractivity contribution in [1.82, 2.24) is 5.32 Å². The van der Waals surface area contributed by atoms with Gasteiger partial charge in [-0.2, -0.15) is 13.2 Å². The Morgan fingerprint density at radius 2 is 1.66 bits per heavy atom. The van der Waals surface area contributed by atoms with Crippen LogP contribution in [-0.4, -0.2) is 23.3 Å². The Hall–Kier alpha value is -3.72. The fourth-order valence-corrected chi connectivity index (χ4v) is 3.33. The lowest BCUT2D eigenvalue weighted by atomic mass is 9.99. The monoisotopic (exact) mass is 488 g/mol. The van der Waals surface area contributed by atoms with E-state index in [-0.39, 0.29) is 18.6 Å². The smallest absolute Gasteiger partial charge is 0.416 e. The van der Waals surface area contributed by atoms with Crippen molar-refractivity contribution < 1.29 is 32.3 Å². The third-order valence-electron chi connectivity index (χ3n) is 5.23. The van der Waals surface area contributed by atoms with Gasteiger partial charge in [0.25, 0.3) is 0 Å². The van der Waals surface area contributed by atoms with Crippen molar-refractivity contribution in [2.75, 3.05) is 6.54 Å². The highest BCUT2D eigenvalue weighted by Gasteiger charge is 2.33. The van der Waals surface area contributed by atoms with Crippen LogP contribution in [0.15, 0.2) is 71.9 Å². The van der Waals surface area contributed by atoms with E-state index in [9.17, 15) is 22.4 Å². The maximum absolute atomic E-state index is 13.7. The summed E-state index contributed by atoms with van der Waals surface area (Å²) < 4.78 is 54.1. The van der Waals surface area contributed by atoms with E-state index in [1.54, 1.807) is 19.1 Å². The molecule has 9 heteroatoms. The van der Waals surface area contributed by atoms with E-state index in [4.69, 9.17) is 9.94 Å². The zero-order valence-corrected chi connectivity index (χ0v) is 18.9. The zero-order chi connectivity index (χ0) is 25.4. The molecule has 0 saturated carbocycles. The molecule has 0 aliphatic carbocycles. The molecule has 0 fully saturated rings. The second-order valence-corrected chi connectivity index (χ2v) is 7.84. The Kier molecular flexibility index (Phi) is 8.59. The molecule has 0 radical (unpaired) electrons. The molecule has 0 spiro atoms. The predicted octanol–water partition coefficient (Wildman–Crippen LogP) is 6.02. The van der Waals surface area contributed by atoms with Crippen LogP contribution in [0.4, 0.5) is 17.6 Å². The third kappa shape index (κ3) is 7.65. The Bertz CT molecular complexity index is 1170. The van der Waals surface area contributed by atoms with Gasteiger partial charge < -0.3 is 15.3 Å². The highest BCUT2D eigenvalue weighted by molar-refractivity contribution is 5.98. The summed E-state index contributed by atoms with van der Waals surface area (Å²) in [6.45, 7) is 2.18. The molecule has 3 aromatic rings. The molecule has 0 atom stereocenters. The molecular weight excluding hydrogens is 464 g/mol. The number of rotatable bonds is 10. The molecule has 2 N–H and O–H groups in total. The molecular formula is C26H24F4N2O3. The van der Waals surface area contributed by atoms with Crippen LogP contribution in [0.2, 0.25) is 0 Å². The minimum Gasteiger partial charge on any atom is -0.481 e. The average Bonchev–Trinajstić information content (AvgIpc) is 2.82. The van der Waals surface area contributed by atoms with E-state index in [1.165, 1.54) is 36.4 Å². The molecule has 35 heavy (non-hydrogen) atoms. The van der Waals surface area contributed by atoms with Crippen molar-refractivity contribution in [2.45, 2.75) is 32.7 Å². The standard InChI is InChI=1S/C26H24F4N2O3/c1-17(19-4-2-18(3-5-19)15-31-13-12-25(33)34)32-35-16-22-7-6-21(14-24(22)26(28,29)30)20-8-10-23(27)11-9-20/h2-11,14,31H,12-13,15-16H2,1H3,(H,33,34)/b32-17-. The van der Waals surface area contributed by atoms with Gasteiger partial charge in [-0.1, -0.05) is 53.7 Å². The molecule has 0 bridgehead atoms. The summed E-state index contributed by atoms with van der Waals surface area (Å²) in [7, 11) is 0. The lowest BCUT2D eigenvalue weighted by molar-refractivity contribution is -0.139. The van der Waals surface area contributed by atoms with Gasteiger partial charge in [0.05, 0.1) is 17.7 Å². The van der Waals surface area contributed by atoms with Crippen LogP contribution in [-0.2, 0) is 29.0 Å². The lowest BCUT2D eigenvalue weighted by Crippen LogP contribution is -2.17. The van der Waals surface area contributed by atoms with Gasteiger partial charge in [-0.15, -0.1) is 0 Å². The number of carboxylic acids is 1. The normalized spacial score (nSPS) is 12.0. The second kappa shape index (κ2) is 11.6. The fraction of sp³-hybridized carbons (Fsp3) is 0.231. The number of alkyl halides is 3. The van der Waals surface area contributed by atoms with Gasteiger partial charge in [-0.25, -0.2) is 4.39 Å². The summed E-state index contributed by atoms with van der Waals surface area (Å²) in [5.41, 5.74) is 2.06. The summed E-state index contributed by atoms with van der Waals surface area (Å²) in [6.07, 6.45) is -4.56. The van der Waals surface area contributed by atoms with Crippen LogP contribution < -0.4 is 5.32 Å². The van der Waals surface area contributed by atoms with Crippen LogP contribution in [0.25, 0.3) is 11.1 Å². The van der Waals surface area contributed by atoms with Gasteiger partial charge in [0.2, 0.25) is 0 Å². The first kappa shape index (κ1) is 25.9. The molecule has 3 rings (SSSR count). The molecule has 0 aromatic heterocycles. The Balaban J connectivity index is 1.65. The summed E-state index contributed by atoms with van der Waals surface area (Å²) in [6, 6.07) is 16.4. The van der Waals surface area contributed by atoms with E-state index in [0.29, 0.717) is 29.9 Å². The first-order valence-electron chi connectivity index (χ1n) is 10.8. The topological polar surface area (TPSA) is 70.9 Å². The average molecular weight is 488 g/mol. The van der Waals surface area contributed by atoms with E-state index in [0.717, 1.165) is 17.2 Å². The summed E-state index contributed by atoms with van der Waals surface area (Å²) in [4.78, 5) is 15.8. The van der Waals surface area contributed by atoms with Crippen LogP contribution >= 0.6 is 0 Å². The number of hydrogen-bond donors (Lipinski definition) is 2. The van der Waals surface area contributed by atoms with Crippen LogP contribution in [0.3, 0.4) is 0 Å². The SMILES string of the molecule is C/C(=N/OCc1ccc(-c2ccc(F)cc2)cc1C(F)(F)F)c1ccc(CNCCC(=O)O)cc1. The number of halogens is 4. The summed E-state index contributed by atoms with van der Waals surface area (Å²) >= 11 is 0. The number of nitrogens with one attached hydrogen (secondary N) is 1. The van der Waals surface area contributed by atoms with E-state index >= 15 is 0 Å². The summed E-state index contributed by atoms with van der Waals surface area (Å²) in [5, 5.41) is 15.6. The van der Waals surface area contributed by atoms with Crippen LogP contribution in [0.1, 0.15) is 35.6 Å². The number of hydrogen-bond acceptors (Lipinski definition) is 4. The predicted molar refractivity (Wildman–Crippen MR) is 124 cm³/mol. The molecule has 0 aliphatic heterocycles. The maximum atomic E-state index is 13.7. The molecule has 0 aliphatic rings. The van der Waals surface area contributed by atoms with Crippen molar-refractivity contribution in [3.05, 3.63) is 94.8 Å². The minimum atomic E-state index is -4.60. The number of benzene rings is 3. The van der Waals surface area contributed by atoms with Crippen molar-refractivity contribution in [2.24, 2.45) is 5.16 Å². The number of carbonyl (C=O) groups is 1. The fourth-order valence-electron chi connectivity index (χ4n) is 3.33. The highest BCUT2D eigenvalue weighted by atomic mass is 19.4. The maximum Gasteiger partial charge on any atom is 0.416 e. The van der Waals surface area contributed by atoms with Crippen molar-refractivity contribution in [3.8, 4) is 11.1 Å². The molecule has 184 valence electrons. The number of nitrogens with zero attached hydrogens (tertiary/aromatic N) is 1. The Morgan fingerprint density at radius 1 is 1.00 bits per heavy atom. The first-order chi connectivity index (χ1) is 16.6. The van der Waals surface area contributed by atoms with Gasteiger partial charge in [0.1, 0.15) is 12.4 Å². The minimum absolute atomic E-state index is 0.0339. The van der Waals surface area contributed by atoms with Crippen LogP contribution in [0, 0.1) is 5.82 Å².